The molecule has 0 spiro atoms. The predicted molar refractivity (Wildman–Crippen MR) is 71.3 cm³/mol. The Morgan fingerprint density at radius 2 is 1.83 bits per heavy atom. The lowest BCUT2D eigenvalue weighted by atomic mass is 10.0. The molecular weight excluding hydrogens is 228 g/mol. The number of carbonyl (C=O) groups excluding carboxylic acids is 1. The highest BCUT2D eigenvalue weighted by Gasteiger charge is 2.28. The molecule has 4 nitrogen and oxygen atoms in total. The molecule has 4 heteroatoms. The minimum atomic E-state index is -0.290. The van der Waals surface area contributed by atoms with Crippen LogP contribution in [0, 0.1) is 0 Å². The summed E-state index contributed by atoms with van der Waals surface area (Å²) in [6.45, 7) is 3.73. The largest absolute Gasteiger partial charge is 0.392 e. The van der Waals surface area contributed by atoms with Crippen molar-refractivity contribution in [1.82, 2.24) is 10.2 Å². The second-order valence-electron chi connectivity index (χ2n) is 5.73. The SMILES string of the molecule is CC(NC1CCCCCC1O)C(=O)N1CCCC1. The van der Waals surface area contributed by atoms with Crippen molar-refractivity contribution in [2.45, 2.75) is 70.1 Å². The standard InChI is InChI=1S/C14H26N2O2/c1-11(14(18)16-9-5-6-10-16)15-12-7-3-2-4-8-13(12)17/h11-13,15,17H,2-10H2,1H3. The Hall–Kier alpha value is -0.610. The molecule has 0 aromatic heterocycles. The lowest BCUT2D eigenvalue weighted by Crippen LogP contribution is -2.50. The highest BCUT2D eigenvalue weighted by molar-refractivity contribution is 5.81. The highest BCUT2D eigenvalue weighted by atomic mass is 16.3. The van der Waals surface area contributed by atoms with E-state index in [-0.39, 0.29) is 24.1 Å². The van der Waals surface area contributed by atoms with Crippen molar-refractivity contribution in [3.63, 3.8) is 0 Å². The summed E-state index contributed by atoms with van der Waals surface area (Å²) >= 11 is 0. The molecule has 2 rings (SSSR count). The van der Waals surface area contributed by atoms with Gasteiger partial charge in [-0.1, -0.05) is 19.3 Å². The van der Waals surface area contributed by atoms with Gasteiger partial charge in [-0.05, 0) is 32.6 Å². The van der Waals surface area contributed by atoms with Crippen LogP contribution >= 0.6 is 0 Å². The molecule has 1 saturated heterocycles. The van der Waals surface area contributed by atoms with Crippen LogP contribution < -0.4 is 5.32 Å². The third kappa shape index (κ3) is 3.45. The average Bonchev–Trinajstić information content (AvgIpc) is 2.82. The number of nitrogens with zero attached hydrogens (tertiary/aromatic N) is 1. The van der Waals surface area contributed by atoms with E-state index < -0.39 is 0 Å². The molecule has 0 radical (unpaired) electrons. The molecule has 1 aliphatic carbocycles. The van der Waals surface area contributed by atoms with E-state index in [4.69, 9.17) is 0 Å². The van der Waals surface area contributed by atoms with E-state index in [0.29, 0.717) is 0 Å². The van der Waals surface area contributed by atoms with Crippen molar-refractivity contribution in [2.75, 3.05) is 13.1 Å². The van der Waals surface area contributed by atoms with Gasteiger partial charge in [-0.3, -0.25) is 4.79 Å². The Bertz CT molecular complexity index is 277. The van der Waals surface area contributed by atoms with Crippen molar-refractivity contribution >= 4 is 5.91 Å². The molecule has 1 saturated carbocycles. The number of hydrogen-bond donors (Lipinski definition) is 2. The minimum absolute atomic E-state index is 0.0917. The van der Waals surface area contributed by atoms with E-state index in [1.54, 1.807) is 0 Å². The molecule has 0 aromatic rings. The monoisotopic (exact) mass is 254 g/mol. The van der Waals surface area contributed by atoms with Crippen molar-refractivity contribution in [3.8, 4) is 0 Å². The first-order chi connectivity index (χ1) is 8.68. The summed E-state index contributed by atoms with van der Waals surface area (Å²) in [6, 6.07) is -0.0742. The average molecular weight is 254 g/mol. The number of carbonyl (C=O) groups is 1. The number of aliphatic hydroxyl groups excluding tert-OH is 1. The highest BCUT2D eigenvalue weighted by Crippen LogP contribution is 2.19. The summed E-state index contributed by atoms with van der Waals surface area (Å²) in [6.07, 6.45) is 7.27. The number of hydrogen-bond acceptors (Lipinski definition) is 3. The van der Waals surface area contributed by atoms with Crippen LogP contribution in [0.2, 0.25) is 0 Å². The van der Waals surface area contributed by atoms with E-state index in [1.165, 1.54) is 6.42 Å². The van der Waals surface area contributed by atoms with Crippen molar-refractivity contribution in [3.05, 3.63) is 0 Å². The Morgan fingerprint density at radius 3 is 2.56 bits per heavy atom. The summed E-state index contributed by atoms with van der Waals surface area (Å²) in [4.78, 5) is 14.1. The van der Waals surface area contributed by atoms with E-state index in [9.17, 15) is 9.90 Å². The van der Waals surface area contributed by atoms with Crippen LogP contribution in [0.5, 0.6) is 0 Å². The molecule has 104 valence electrons. The topological polar surface area (TPSA) is 52.6 Å². The number of nitrogens with one attached hydrogen (secondary N) is 1. The fourth-order valence-electron chi connectivity index (χ4n) is 3.09. The third-order valence-corrected chi connectivity index (χ3v) is 4.23. The van der Waals surface area contributed by atoms with Gasteiger partial charge in [0.25, 0.3) is 0 Å². The molecule has 2 N–H and O–H groups in total. The van der Waals surface area contributed by atoms with E-state index in [1.807, 2.05) is 11.8 Å². The molecule has 0 bridgehead atoms. The van der Waals surface area contributed by atoms with Gasteiger partial charge in [-0.2, -0.15) is 0 Å². The van der Waals surface area contributed by atoms with Crippen LogP contribution in [0.4, 0.5) is 0 Å². The quantitative estimate of drug-likeness (QED) is 0.746. The fraction of sp³-hybridized carbons (Fsp3) is 0.929. The van der Waals surface area contributed by atoms with Gasteiger partial charge in [0.05, 0.1) is 12.1 Å². The van der Waals surface area contributed by atoms with Gasteiger partial charge >= 0.3 is 0 Å². The molecule has 3 atom stereocenters. The Balaban J connectivity index is 1.84. The van der Waals surface area contributed by atoms with Crippen molar-refractivity contribution < 1.29 is 9.90 Å². The zero-order valence-electron chi connectivity index (χ0n) is 11.4. The molecule has 1 heterocycles. The fourth-order valence-corrected chi connectivity index (χ4v) is 3.09. The van der Waals surface area contributed by atoms with E-state index in [2.05, 4.69) is 5.32 Å². The van der Waals surface area contributed by atoms with Gasteiger partial charge in [-0.25, -0.2) is 0 Å². The normalized spacial score (nSPS) is 31.1. The lowest BCUT2D eigenvalue weighted by Gasteiger charge is -2.28. The second-order valence-corrected chi connectivity index (χ2v) is 5.73. The van der Waals surface area contributed by atoms with E-state index in [0.717, 1.165) is 51.6 Å². The van der Waals surface area contributed by atoms with Gasteiger partial charge in [0.15, 0.2) is 0 Å². The van der Waals surface area contributed by atoms with Gasteiger partial charge in [0, 0.05) is 19.1 Å². The molecular formula is C14H26N2O2. The summed E-state index contributed by atoms with van der Waals surface area (Å²) < 4.78 is 0. The lowest BCUT2D eigenvalue weighted by molar-refractivity contribution is -0.132. The van der Waals surface area contributed by atoms with Gasteiger partial charge in [0.1, 0.15) is 0 Å². The maximum atomic E-state index is 12.2. The molecule has 2 aliphatic rings. The Kier molecular flexibility index (Phi) is 5.01. The van der Waals surface area contributed by atoms with E-state index >= 15 is 0 Å². The predicted octanol–water partition coefficient (Wildman–Crippen LogP) is 1.28. The zero-order valence-corrected chi connectivity index (χ0v) is 11.4. The number of amides is 1. The smallest absolute Gasteiger partial charge is 0.239 e. The van der Waals surface area contributed by atoms with Crippen molar-refractivity contribution in [1.29, 1.82) is 0 Å². The summed E-state index contributed by atoms with van der Waals surface area (Å²) in [5, 5.41) is 13.4. The number of aliphatic hydroxyl groups is 1. The molecule has 0 aromatic carbocycles. The van der Waals surface area contributed by atoms with Crippen LogP contribution in [-0.4, -0.2) is 47.2 Å². The summed E-state index contributed by atoms with van der Waals surface area (Å²) in [5.74, 6) is 0.198. The van der Waals surface area contributed by atoms with Gasteiger partial charge in [-0.15, -0.1) is 0 Å². The molecule has 18 heavy (non-hydrogen) atoms. The Morgan fingerprint density at radius 1 is 1.17 bits per heavy atom. The van der Waals surface area contributed by atoms with Gasteiger partial charge < -0.3 is 15.3 Å². The molecule has 2 fully saturated rings. The number of likely N-dealkylation sites (tertiary alicyclic amines) is 1. The molecule has 1 aliphatic heterocycles. The first-order valence-electron chi connectivity index (χ1n) is 7.41. The first-order valence-corrected chi connectivity index (χ1v) is 7.41. The van der Waals surface area contributed by atoms with Crippen LogP contribution in [0.15, 0.2) is 0 Å². The zero-order chi connectivity index (χ0) is 13.0. The van der Waals surface area contributed by atoms with Crippen LogP contribution in [-0.2, 0) is 4.79 Å². The van der Waals surface area contributed by atoms with Crippen LogP contribution in [0.3, 0.4) is 0 Å². The molecule has 3 unspecified atom stereocenters. The van der Waals surface area contributed by atoms with Gasteiger partial charge in [0.2, 0.25) is 5.91 Å². The first kappa shape index (κ1) is 13.8. The molecule has 1 amide bonds. The Labute approximate surface area is 110 Å². The van der Waals surface area contributed by atoms with Crippen LogP contribution in [0.1, 0.15) is 51.9 Å². The second kappa shape index (κ2) is 6.53. The summed E-state index contributed by atoms with van der Waals surface area (Å²) in [7, 11) is 0. The number of rotatable bonds is 3. The maximum absolute atomic E-state index is 12.2. The summed E-state index contributed by atoms with van der Waals surface area (Å²) in [5.41, 5.74) is 0. The minimum Gasteiger partial charge on any atom is -0.392 e. The van der Waals surface area contributed by atoms with Crippen LogP contribution in [0.25, 0.3) is 0 Å². The maximum Gasteiger partial charge on any atom is 0.239 e. The third-order valence-electron chi connectivity index (χ3n) is 4.23. The van der Waals surface area contributed by atoms with Crippen molar-refractivity contribution in [2.24, 2.45) is 0 Å².